The molecule has 26 heavy (non-hydrogen) atoms. The van der Waals surface area contributed by atoms with Gasteiger partial charge in [0.05, 0.1) is 0 Å². The molecule has 0 spiro atoms. The normalized spacial score (nSPS) is 26.5. The zero-order valence-electron chi connectivity index (χ0n) is 15.1. The summed E-state index contributed by atoms with van der Waals surface area (Å²) < 4.78 is 0. The highest BCUT2D eigenvalue weighted by Gasteiger charge is 2.52. The zero-order chi connectivity index (χ0) is 17.4. The Labute approximate surface area is 159 Å². The minimum atomic E-state index is -1.60. The summed E-state index contributed by atoms with van der Waals surface area (Å²) in [6.07, 6.45) is 2.91. The van der Waals surface area contributed by atoms with E-state index in [0.29, 0.717) is 0 Å². The second-order valence-electron chi connectivity index (χ2n) is 7.98. The van der Waals surface area contributed by atoms with Crippen molar-refractivity contribution >= 4 is 31.7 Å². The average Bonchev–Trinajstić information content (AvgIpc) is 3.27. The molecule has 2 aliphatic heterocycles. The van der Waals surface area contributed by atoms with Crippen LogP contribution in [0.2, 0.25) is 12.1 Å². The Bertz CT molecular complexity index is 807. The molecular weight excluding hydrogens is 347 g/mol. The van der Waals surface area contributed by atoms with Gasteiger partial charge in [-0.3, -0.25) is 0 Å². The fourth-order valence-electron chi connectivity index (χ4n) is 5.38. The number of rotatable bonds is 3. The highest BCUT2D eigenvalue weighted by atomic mass is 31.1. The van der Waals surface area contributed by atoms with Crippen molar-refractivity contribution in [2.24, 2.45) is 11.8 Å². The van der Waals surface area contributed by atoms with E-state index in [9.17, 15) is 0 Å². The average molecular weight is 373 g/mol. The van der Waals surface area contributed by atoms with E-state index in [1.807, 2.05) is 0 Å². The van der Waals surface area contributed by atoms with E-state index in [0.717, 1.165) is 11.8 Å². The summed E-state index contributed by atoms with van der Waals surface area (Å²) >= 11 is 0. The van der Waals surface area contributed by atoms with E-state index in [-0.39, 0.29) is 7.92 Å². The summed E-state index contributed by atoms with van der Waals surface area (Å²) in [7, 11) is -1.53. The predicted octanol–water partition coefficient (Wildman–Crippen LogP) is 4.32. The molecule has 2 heteroatoms. The lowest BCUT2D eigenvalue weighted by atomic mass is 10.0. The smallest absolute Gasteiger partial charge is 0.0748 e. The highest BCUT2D eigenvalue weighted by Crippen LogP contribution is 2.56. The fourth-order valence-corrected chi connectivity index (χ4v) is 14.9. The van der Waals surface area contributed by atoms with Gasteiger partial charge in [0, 0.05) is 0 Å². The summed E-state index contributed by atoms with van der Waals surface area (Å²) in [4.78, 5) is 0. The summed E-state index contributed by atoms with van der Waals surface area (Å²) in [6, 6.07) is 37.2. The maximum Gasteiger partial charge on any atom is 0.118 e. The lowest BCUT2D eigenvalue weighted by Crippen LogP contribution is -2.56. The monoisotopic (exact) mass is 372 g/mol. The molecule has 3 atom stereocenters. The van der Waals surface area contributed by atoms with Crippen molar-refractivity contribution < 1.29 is 0 Å². The van der Waals surface area contributed by atoms with Crippen molar-refractivity contribution in [1.29, 1.82) is 0 Å². The molecule has 5 rings (SSSR count). The van der Waals surface area contributed by atoms with Gasteiger partial charge < -0.3 is 0 Å². The Hall–Kier alpha value is -1.69. The van der Waals surface area contributed by atoms with Gasteiger partial charge in [-0.05, 0) is 41.6 Å². The van der Waals surface area contributed by atoms with Gasteiger partial charge in [0.25, 0.3) is 0 Å². The molecule has 1 unspecified atom stereocenters. The lowest BCUT2D eigenvalue weighted by Gasteiger charge is -2.30. The lowest BCUT2D eigenvalue weighted by molar-refractivity contribution is 0.525. The van der Waals surface area contributed by atoms with Gasteiger partial charge in [-0.25, -0.2) is 0 Å². The first-order valence-electron chi connectivity index (χ1n) is 9.76. The highest BCUT2D eigenvalue weighted by molar-refractivity contribution is 7.66. The van der Waals surface area contributed by atoms with Crippen molar-refractivity contribution in [1.82, 2.24) is 0 Å². The summed E-state index contributed by atoms with van der Waals surface area (Å²) in [5.41, 5.74) is 0. The molecule has 0 nitrogen and oxygen atoms in total. The molecule has 0 N–H and O–H groups in total. The number of hydrogen-bond donors (Lipinski definition) is 0. The van der Waals surface area contributed by atoms with E-state index in [4.69, 9.17) is 0 Å². The molecule has 2 fully saturated rings. The maximum absolute atomic E-state index is 2.42. The van der Waals surface area contributed by atoms with Gasteiger partial charge in [0.15, 0.2) is 0 Å². The Kier molecular flexibility index (Phi) is 4.31. The molecule has 0 aromatic heterocycles. The van der Waals surface area contributed by atoms with E-state index >= 15 is 0 Å². The van der Waals surface area contributed by atoms with Gasteiger partial charge in [-0.1, -0.05) is 109 Å². The van der Waals surface area contributed by atoms with E-state index in [2.05, 4.69) is 91.0 Å². The molecule has 0 radical (unpaired) electrons. The topological polar surface area (TPSA) is 0 Å². The predicted molar refractivity (Wildman–Crippen MR) is 117 cm³/mol. The van der Waals surface area contributed by atoms with Crippen molar-refractivity contribution in [2.75, 3.05) is 12.3 Å². The maximum atomic E-state index is 2.42. The molecule has 3 aromatic carbocycles. The van der Waals surface area contributed by atoms with Crippen molar-refractivity contribution in [3.8, 4) is 0 Å². The number of benzene rings is 3. The second kappa shape index (κ2) is 6.80. The van der Waals surface area contributed by atoms with Crippen LogP contribution in [-0.4, -0.2) is 20.4 Å². The van der Waals surface area contributed by atoms with Crippen LogP contribution in [0.3, 0.4) is 0 Å². The van der Waals surface area contributed by atoms with Crippen molar-refractivity contribution in [2.45, 2.75) is 12.1 Å². The van der Waals surface area contributed by atoms with E-state index < -0.39 is 8.07 Å². The zero-order valence-corrected chi connectivity index (χ0v) is 17.0. The molecule has 0 amide bonds. The van der Waals surface area contributed by atoms with Gasteiger partial charge in [-0.2, -0.15) is 0 Å². The van der Waals surface area contributed by atoms with Crippen LogP contribution in [0.15, 0.2) is 91.0 Å². The molecule has 130 valence electrons. The van der Waals surface area contributed by atoms with Crippen LogP contribution >= 0.6 is 7.92 Å². The van der Waals surface area contributed by atoms with E-state index in [1.54, 1.807) is 15.7 Å². The van der Waals surface area contributed by atoms with Crippen LogP contribution in [0.5, 0.6) is 0 Å². The quantitative estimate of drug-likeness (QED) is 0.475. The molecule has 2 heterocycles. The van der Waals surface area contributed by atoms with Crippen molar-refractivity contribution in [3.05, 3.63) is 91.0 Å². The third kappa shape index (κ3) is 2.78. The molecule has 2 saturated heterocycles. The van der Waals surface area contributed by atoms with Gasteiger partial charge in [0.1, 0.15) is 8.07 Å². The van der Waals surface area contributed by atoms with Crippen LogP contribution in [-0.2, 0) is 0 Å². The molecule has 0 bridgehead atoms. The van der Waals surface area contributed by atoms with Crippen LogP contribution in [0.25, 0.3) is 0 Å². The molecule has 0 aliphatic carbocycles. The van der Waals surface area contributed by atoms with Crippen molar-refractivity contribution in [3.63, 3.8) is 0 Å². The summed E-state index contributed by atoms with van der Waals surface area (Å²) in [5.74, 6) is 1.88. The van der Waals surface area contributed by atoms with Gasteiger partial charge >= 0.3 is 0 Å². The molecule has 0 saturated carbocycles. The van der Waals surface area contributed by atoms with Gasteiger partial charge in [0.2, 0.25) is 0 Å². The second-order valence-corrected chi connectivity index (χ2v) is 14.4. The standard InChI is InChI=1S/C24H25PSi/c1-4-10-22(11-5-1)25-16-20-18-26(19-21(20)17-25,23-12-6-2-7-13-23)24-14-8-3-9-15-24/h1-15,20-21H,16-19H2/t20-,21+,25?. The minimum absolute atomic E-state index is 0.0695. The number of fused-ring (bicyclic) bond motifs is 1. The van der Waals surface area contributed by atoms with Crippen LogP contribution in [0.4, 0.5) is 0 Å². The first-order valence-corrected chi connectivity index (χ1v) is 13.9. The first kappa shape index (κ1) is 16.5. The Balaban J connectivity index is 1.48. The van der Waals surface area contributed by atoms with Crippen LogP contribution < -0.4 is 15.7 Å². The van der Waals surface area contributed by atoms with E-state index in [1.165, 1.54) is 24.4 Å². The van der Waals surface area contributed by atoms with Crippen LogP contribution in [0, 0.1) is 11.8 Å². The fraction of sp³-hybridized carbons (Fsp3) is 0.250. The molecule has 3 aromatic rings. The Morgan fingerprint density at radius 3 is 1.46 bits per heavy atom. The Morgan fingerprint density at radius 2 is 1.00 bits per heavy atom. The molecular formula is C24H25PSi. The third-order valence-electron chi connectivity index (χ3n) is 6.57. The van der Waals surface area contributed by atoms with Crippen LogP contribution in [0.1, 0.15) is 0 Å². The SMILES string of the molecule is c1ccc(P2C[C@@H]3C[Si](c4ccccc4)(c4ccccc4)C[C@@H]3C2)cc1. The van der Waals surface area contributed by atoms with Gasteiger partial charge in [-0.15, -0.1) is 0 Å². The Morgan fingerprint density at radius 1 is 0.577 bits per heavy atom. The molecule has 2 aliphatic rings. The minimum Gasteiger partial charge on any atom is -0.0748 e. The third-order valence-corrected chi connectivity index (χ3v) is 14.7. The summed E-state index contributed by atoms with van der Waals surface area (Å²) in [6.45, 7) is 0. The number of hydrogen-bond acceptors (Lipinski definition) is 0. The summed E-state index contributed by atoms with van der Waals surface area (Å²) in [5, 5.41) is 4.94. The largest absolute Gasteiger partial charge is 0.118 e. The first-order chi connectivity index (χ1) is 12.9.